The van der Waals surface area contributed by atoms with Gasteiger partial charge in [-0.2, -0.15) is 0 Å². The van der Waals surface area contributed by atoms with Crippen molar-refractivity contribution >= 4 is 5.97 Å². The van der Waals surface area contributed by atoms with E-state index in [1.807, 2.05) is 6.92 Å². The van der Waals surface area contributed by atoms with Crippen LogP contribution < -0.4 is 5.32 Å². The summed E-state index contributed by atoms with van der Waals surface area (Å²) in [6.45, 7) is 4.96. The highest BCUT2D eigenvalue weighted by atomic mass is 16.4. The van der Waals surface area contributed by atoms with Gasteiger partial charge >= 0.3 is 5.97 Å². The molecule has 0 bridgehead atoms. The van der Waals surface area contributed by atoms with Gasteiger partial charge in [-0.25, -0.2) is 0 Å². The molecule has 1 saturated carbocycles. The Bertz CT molecular complexity index is 212. The number of rotatable bonds is 5. The molecule has 88 valence electrons. The van der Waals surface area contributed by atoms with E-state index in [0.29, 0.717) is 5.92 Å². The number of nitrogens with one attached hydrogen (secondary N) is 1. The van der Waals surface area contributed by atoms with Crippen molar-refractivity contribution in [2.75, 3.05) is 6.54 Å². The van der Waals surface area contributed by atoms with Crippen LogP contribution in [0.1, 0.15) is 52.4 Å². The molecule has 0 saturated heterocycles. The predicted octanol–water partition coefficient (Wildman–Crippen LogP) is 2.41. The summed E-state index contributed by atoms with van der Waals surface area (Å²) >= 11 is 0. The van der Waals surface area contributed by atoms with Gasteiger partial charge in [0.05, 0.1) is 6.42 Å². The van der Waals surface area contributed by atoms with Crippen molar-refractivity contribution in [1.82, 2.24) is 5.32 Å². The van der Waals surface area contributed by atoms with Gasteiger partial charge in [0.2, 0.25) is 0 Å². The summed E-state index contributed by atoms with van der Waals surface area (Å²) in [5.74, 6) is -0.161. The molecule has 1 rings (SSSR count). The third kappa shape index (κ3) is 3.49. The second-order valence-corrected chi connectivity index (χ2v) is 4.85. The lowest BCUT2D eigenvalue weighted by atomic mass is 9.74. The fraction of sp³-hybridized carbons (Fsp3) is 0.917. The molecular weight excluding hydrogens is 190 g/mol. The molecule has 1 atom stereocenters. The molecule has 0 spiro atoms. The topological polar surface area (TPSA) is 49.3 Å². The quantitative estimate of drug-likeness (QED) is 0.737. The van der Waals surface area contributed by atoms with Gasteiger partial charge in [0, 0.05) is 5.54 Å². The third-order valence-electron chi connectivity index (χ3n) is 3.61. The number of hydrogen-bond donors (Lipinski definition) is 2. The summed E-state index contributed by atoms with van der Waals surface area (Å²) in [7, 11) is 0. The highest BCUT2D eigenvalue weighted by molar-refractivity contribution is 5.68. The van der Waals surface area contributed by atoms with Crippen LogP contribution in [0.4, 0.5) is 0 Å². The van der Waals surface area contributed by atoms with Gasteiger partial charge in [-0.05, 0) is 32.2 Å². The molecular formula is C12H23NO2. The zero-order chi connectivity index (χ0) is 11.3. The molecule has 1 aliphatic carbocycles. The minimum absolute atomic E-state index is 0.207. The standard InChI is InChI=1S/C12H23NO2/c1-3-13-12(2,9-11(14)15)10-7-5-4-6-8-10/h10,13H,3-9H2,1-2H3,(H,14,15). The second kappa shape index (κ2) is 5.50. The van der Waals surface area contributed by atoms with Gasteiger partial charge in [-0.3, -0.25) is 4.79 Å². The van der Waals surface area contributed by atoms with Gasteiger partial charge in [0.25, 0.3) is 0 Å². The molecule has 0 radical (unpaired) electrons. The van der Waals surface area contributed by atoms with Crippen molar-refractivity contribution in [2.45, 2.75) is 57.9 Å². The molecule has 0 heterocycles. The number of carbonyl (C=O) groups is 1. The number of carboxylic acid groups (broad SMARTS) is 1. The van der Waals surface area contributed by atoms with Crippen molar-refractivity contribution in [1.29, 1.82) is 0 Å². The molecule has 3 heteroatoms. The number of aliphatic carboxylic acids is 1. The summed E-state index contributed by atoms with van der Waals surface area (Å²) < 4.78 is 0. The SMILES string of the molecule is CCNC(C)(CC(=O)O)C1CCCCC1. The molecule has 2 N–H and O–H groups in total. The first kappa shape index (κ1) is 12.5. The zero-order valence-corrected chi connectivity index (χ0v) is 9.88. The minimum Gasteiger partial charge on any atom is -0.481 e. The van der Waals surface area contributed by atoms with Crippen molar-refractivity contribution in [3.05, 3.63) is 0 Å². The summed E-state index contributed by atoms with van der Waals surface area (Å²) in [6.07, 6.45) is 6.42. The van der Waals surface area contributed by atoms with Crippen molar-refractivity contribution < 1.29 is 9.90 Å². The number of hydrogen-bond acceptors (Lipinski definition) is 2. The van der Waals surface area contributed by atoms with Gasteiger partial charge in [0.1, 0.15) is 0 Å². The minimum atomic E-state index is -0.691. The van der Waals surface area contributed by atoms with E-state index in [4.69, 9.17) is 5.11 Å². The van der Waals surface area contributed by atoms with E-state index in [1.165, 1.54) is 32.1 Å². The molecule has 0 aliphatic heterocycles. The predicted molar refractivity (Wildman–Crippen MR) is 60.9 cm³/mol. The Hall–Kier alpha value is -0.570. The average molecular weight is 213 g/mol. The van der Waals surface area contributed by atoms with Crippen LogP contribution in [0.15, 0.2) is 0 Å². The van der Waals surface area contributed by atoms with Crippen LogP contribution in [0.3, 0.4) is 0 Å². The summed E-state index contributed by atoms with van der Waals surface area (Å²) in [5, 5.41) is 12.3. The van der Waals surface area contributed by atoms with Gasteiger partial charge in [-0.1, -0.05) is 26.2 Å². The van der Waals surface area contributed by atoms with Crippen LogP contribution >= 0.6 is 0 Å². The van der Waals surface area contributed by atoms with E-state index in [1.54, 1.807) is 0 Å². The molecule has 1 fully saturated rings. The van der Waals surface area contributed by atoms with E-state index < -0.39 is 5.97 Å². The van der Waals surface area contributed by atoms with Crippen LogP contribution in [0.25, 0.3) is 0 Å². The molecule has 0 aromatic heterocycles. The Kier molecular flexibility index (Phi) is 4.58. The maximum atomic E-state index is 10.9. The molecule has 1 unspecified atom stereocenters. The van der Waals surface area contributed by atoms with Crippen LogP contribution in [0.5, 0.6) is 0 Å². The Morgan fingerprint density at radius 3 is 2.47 bits per heavy atom. The number of carboxylic acids is 1. The summed E-state index contributed by atoms with van der Waals surface area (Å²) in [5.41, 5.74) is -0.207. The second-order valence-electron chi connectivity index (χ2n) is 4.85. The highest BCUT2D eigenvalue weighted by Crippen LogP contribution is 2.34. The van der Waals surface area contributed by atoms with E-state index >= 15 is 0 Å². The lowest BCUT2D eigenvalue weighted by Gasteiger charge is -2.39. The summed E-state index contributed by atoms with van der Waals surface area (Å²) in [4.78, 5) is 10.9. The van der Waals surface area contributed by atoms with Crippen LogP contribution in [0, 0.1) is 5.92 Å². The fourth-order valence-corrected chi connectivity index (χ4v) is 2.81. The first-order valence-corrected chi connectivity index (χ1v) is 6.05. The van der Waals surface area contributed by atoms with Crippen LogP contribution in [-0.2, 0) is 4.79 Å². The summed E-state index contributed by atoms with van der Waals surface area (Å²) in [6, 6.07) is 0. The Morgan fingerprint density at radius 1 is 1.40 bits per heavy atom. The lowest BCUT2D eigenvalue weighted by molar-refractivity contribution is -0.139. The van der Waals surface area contributed by atoms with E-state index in [-0.39, 0.29) is 12.0 Å². The molecule has 3 nitrogen and oxygen atoms in total. The smallest absolute Gasteiger partial charge is 0.305 e. The molecule has 0 amide bonds. The van der Waals surface area contributed by atoms with Crippen LogP contribution in [0.2, 0.25) is 0 Å². The van der Waals surface area contributed by atoms with Crippen molar-refractivity contribution in [3.8, 4) is 0 Å². The van der Waals surface area contributed by atoms with Crippen molar-refractivity contribution in [2.24, 2.45) is 5.92 Å². The highest BCUT2D eigenvalue weighted by Gasteiger charge is 2.35. The molecule has 0 aromatic carbocycles. The van der Waals surface area contributed by atoms with Gasteiger partial charge in [0.15, 0.2) is 0 Å². The lowest BCUT2D eigenvalue weighted by Crippen LogP contribution is -2.50. The normalized spacial score (nSPS) is 22.3. The maximum absolute atomic E-state index is 10.9. The molecule has 0 aromatic rings. The Labute approximate surface area is 92.3 Å². The van der Waals surface area contributed by atoms with Gasteiger partial charge in [-0.15, -0.1) is 0 Å². The van der Waals surface area contributed by atoms with Gasteiger partial charge < -0.3 is 10.4 Å². The monoisotopic (exact) mass is 213 g/mol. The van der Waals surface area contributed by atoms with Crippen molar-refractivity contribution in [3.63, 3.8) is 0 Å². The van der Waals surface area contributed by atoms with E-state index in [2.05, 4.69) is 12.2 Å². The Morgan fingerprint density at radius 2 is 2.00 bits per heavy atom. The third-order valence-corrected chi connectivity index (χ3v) is 3.61. The zero-order valence-electron chi connectivity index (χ0n) is 9.88. The van der Waals surface area contributed by atoms with Crippen LogP contribution in [-0.4, -0.2) is 23.2 Å². The molecule has 15 heavy (non-hydrogen) atoms. The fourth-order valence-electron chi connectivity index (χ4n) is 2.81. The molecule has 1 aliphatic rings. The maximum Gasteiger partial charge on any atom is 0.305 e. The van der Waals surface area contributed by atoms with E-state index in [0.717, 1.165) is 6.54 Å². The average Bonchev–Trinajstić information content (AvgIpc) is 2.18. The first-order valence-electron chi connectivity index (χ1n) is 6.05. The first-order chi connectivity index (χ1) is 7.08. The Balaban J connectivity index is 2.64. The largest absolute Gasteiger partial charge is 0.481 e. The van der Waals surface area contributed by atoms with E-state index in [9.17, 15) is 4.79 Å².